The molecule has 1 aromatic carbocycles. The molecule has 0 aliphatic rings. The smallest absolute Gasteiger partial charge is 0.420 e. The first kappa shape index (κ1) is 16.2. The van der Waals surface area contributed by atoms with Crippen molar-refractivity contribution in [2.75, 3.05) is 13.4 Å². The van der Waals surface area contributed by atoms with E-state index in [1.54, 1.807) is 12.1 Å². The van der Waals surface area contributed by atoms with E-state index in [2.05, 4.69) is 6.92 Å². The van der Waals surface area contributed by atoms with Crippen LogP contribution in [0.4, 0.5) is 4.79 Å². The van der Waals surface area contributed by atoms with Crippen LogP contribution in [0, 0.1) is 0 Å². The number of ether oxygens (including phenoxy) is 2. The average Bonchev–Trinajstić information content (AvgIpc) is 2.93. The molecule has 22 heavy (non-hydrogen) atoms. The van der Waals surface area contributed by atoms with E-state index in [9.17, 15) is 9.59 Å². The first-order chi connectivity index (χ1) is 10.8. The highest BCUT2D eigenvalue weighted by atomic mass is 16.7. The summed E-state index contributed by atoms with van der Waals surface area (Å²) in [7, 11) is 0. The van der Waals surface area contributed by atoms with Crippen LogP contribution in [0.25, 0.3) is 10.9 Å². The van der Waals surface area contributed by atoms with Crippen molar-refractivity contribution >= 4 is 23.3 Å². The lowest BCUT2D eigenvalue weighted by molar-refractivity contribution is -0.0155. The van der Waals surface area contributed by atoms with Gasteiger partial charge in [0.2, 0.25) is 0 Å². The Labute approximate surface area is 129 Å². The molecule has 1 heterocycles. The summed E-state index contributed by atoms with van der Waals surface area (Å²) >= 11 is 0. The highest BCUT2D eigenvalue weighted by Crippen LogP contribution is 2.20. The van der Waals surface area contributed by atoms with Crippen LogP contribution >= 0.6 is 0 Å². The zero-order chi connectivity index (χ0) is 15.8. The number of aromatic nitrogens is 1. The maximum absolute atomic E-state index is 12.1. The number of nitrogens with zero attached hydrogens (tertiary/aromatic N) is 1. The molecule has 0 bridgehead atoms. The van der Waals surface area contributed by atoms with Crippen LogP contribution in [0.3, 0.4) is 0 Å². The SMILES string of the molecule is CCCCCCOCOC(=O)n1cc(C=O)c2ccccc21. The van der Waals surface area contributed by atoms with Crippen molar-refractivity contribution in [2.45, 2.75) is 32.6 Å². The van der Waals surface area contributed by atoms with Gasteiger partial charge < -0.3 is 9.47 Å². The fourth-order valence-electron chi connectivity index (χ4n) is 2.30. The molecular formula is C17H21NO4. The Kier molecular flexibility index (Phi) is 6.15. The van der Waals surface area contributed by atoms with Gasteiger partial charge in [0, 0.05) is 17.1 Å². The van der Waals surface area contributed by atoms with Gasteiger partial charge in [-0.3, -0.25) is 9.36 Å². The molecular weight excluding hydrogens is 282 g/mol. The third-order valence-electron chi connectivity index (χ3n) is 3.47. The minimum atomic E-state index is -0.544. The number of carbonyl (C=O) groups is 2. The van der Waals surface area contributed by atoms with E-state index in [-0.39, 0.29) is 6.79 Å². The molecule has 2 aromatic rings. The standard InChI is InChI=1S/C17H21NO4/c1-2-3-4-7-10-21-13-22-17(20)18-11-14(12-19)15-8-5-6-9-16(15)18/h5-6,8-9,11-12H,2-4,7,10,13H2,1H3. The molecule has 0 aliphatic carbocycles. The molecule has 0 spiro atoms. The summed E-state index contributed by atoms with van der Waals surface area (Å²) in [5, 5.41) is 0.731. The van der Waals surface area contributed by atoms with Gasteiger partial charge in [-0.25, -0.2) is 4.79 Å². The second-order valence-corrected chi connectivity index (χ2v) is 5.09. The Morgan fingerprint density at radius 3 is 2.82 bits per heavy atom. The van der Waals surface area contributed by atoms with Crippen LogP contribution in [0.5, 0.6) is 0 Å². The van der Waals surface area contributed by atoms with Crippen LogP contribution in [-0.4, -0.2) is 30.3 Å². The predicted molar refractivity (Wildman–Crippen MR) is 84.2 cm³/mol. The number of benzene rings is 1. The number of rotatable bonds is 8. The second-order valence-electron chi connectivity index (χ2n) is 5.09. The van der Waals surface area contributed by atoms with Gasteiger partial charge in [0.15, 0.2) is 13.1 Å². The van der Waals surface area contributed by atoms with Crippen LogP contribution in [0.15, 0.2) is 30.5 Å². The van der Waals surface area contributed by atoms with Crippen molar-refractivity contribution in [3.8, 4) is 0 Å². The first-order valence-corrected chi connectivity index (χ1v) is 7.58. The van der Waals surface area contributed by atoms with Crippen LogP contribution in [0.2, 0.25) is 0 Å². The van der Waals surface area contributed by atoms with Crippen molar-refractivity contribution in [3.63, 3.8) is 0 Å². The molecule has 0 aliphatic heterocycles. The van der Waals surface area contributed by atoms with Crippen molar-refractivity contribution < 1.29 is 19.1 Å². The number of carbonyl (C=O) groups excluding carboxylic acids is 2. The fourth-order valence-corrected chi connectivity index (χ4v) is 2.30. The Bertz CT molecular complexity index is 633. The van der Waals surface area contributed by atoms with E-state index in [4.69, 9.17) is 9.47 Å². The molecule has 2 rings (SSSR count). The van der Waals surface area contributed by atoms with Crippen molar-refractivity contribution in [3.05, 3.63) is 36.0 Å². The minimum absolute atomic E-state index is 0.0755. The lowest BCUT2D eigenvalue weighted by Gasteiger charge is -2.07. The quantitative estimate of drug-likeness (QED) is 0.420. The van der Waals surface area contributed by atoms with Crippen LogP contribution < -0.4 is 0 Å². The number of hydrogen-bond acceptors (Lipinski definition) is 4. The van der Waals surface area contributed by atoms with Crippen molar-refractivity contribution in [2.24, 2.45) is 0 Å². The molecule has 0 amide bonds. The third-order valence-corrected chi connectivity index (χ3v) is 3.47. The van der Waals surface area contributed by atoms with Crippen LogP contribution in [0.1, 0.15) is 43.0 Å². The molecule has 0 atom stereocenters. The normalized spacial score (nSPS) is 10.8. The zero-order valence-corrected chi connectivity index (χ0v) is 12.8. The monoisotopic (exact) mass is 303 g/mol. The summed E-state index contributed by atoms with van der Waals surface area (Å²) in [6, 6.07) is 7.21. The lowest BCUT2D eigenvalue weighted by Crippen LogP contribution is -2.15. The summed E-state index contributed by atoms with van der Waals surface area (Å²) in [5.74, 6) is 0. The molecule has 0 radical (unpaired) electrons. The molecule has 0 N–H and O–H groups in total. The van der Waals surface area contributed by atoms with E-state index in [0.29, 0.717) is 17.7 Å². The predicted octanol–water partition coefficient (Wildman–Crippen LogP) is 3.99. The van der Waals surface area contributed by atoms with Gasteiger partial charge >= 0.3 is 6.09 Å². The van der Waals surface area contributed by atoms with Gasteiger partial charge in [0.25, 0.3) is 0 Å². The van der Waals surface area contributed by atoms with Gasteiger partial charge in [0.1, 0.15) is 0 Å². The highest BCUT2D eigenvalue weighted by Gasteiger charge is 2.13. The second kappa shape index (κ2) is 8.34. The number of hydrogen-bond donors (Lipinski definition) is 0. The maximum Gasteiger partial charge on any atom is 0.420 e. The lowest BCUT2D eigenvalue weighted by atomic mass is 10.2. The van der Waals surface area contributed by atoms with E-state index in [1.165, 1.54) is 23.6 Å². The van der Waals surface area contributed by atoms with E-state index < -0.39 is 6.09 Å². The topological polar surface area (TPSA) is 57.5 Å². The largest absolute Gasteiger partial charge is 0.422 e. The fraction of sp³-hybridized carbons (Fsp3) is 0.412. The Balaban J connectivity index is 1.89. The summed E-state index contributed by atoms with van der Waals surface area (Å²) < 4.78 is 11.7. The van der Waals surface area contributed by atoms with Gasteiger partial charge in [-0.15, -0.1) is 0 Å². The molecule has 5 heteroatoms. The molecule has 118 valence electrons. The number of para-hydroxylation sites is 1. The molecule has 1 aromatic heterocycles. The highest BCUT2D eigenvalue weighted by molar-refractivity contribution is 6.01. The van der Waals surface area contributed by atoms with Gasteiger partial charge in [-0.2, -0.15) is 0 Å². The molecule has 0 fully saturated rings. The Morgan fingerprint density at radius 2 is 2.05 bits per heavy atom. The third kappa shape index (κ3) is 3.95. The summed E-state index contributed by atoms with van der Waals surface area (Å²) in [5.41, 5.74) is 1.12. The maximum atomic E-state index is 12.1. The molecule has 0 saturated heterocycles. The molecule has 5 nitrogen and oxygen atoms in total. The van der Waals surface area contributed by atoms with Gasteiger partial charge in [0.05, 0.1) is 12.1 Å². The van der Waals surface area contributed by atoms with Crippen LogP contribution in [-0.2, 0) is 9.47 Å². The van der Waals surface area contributed by atoms with E-state index in [0.717, 1.165) is 24.5 Å². The summed E-state index contributed by atoms with van der Waals surface area (Å²) in [6.07, 6.45) is 6.12. The number of unbranched alkanes of at least 4 members (excludes halogenated alkanes) is 3. The van der Waals surface area contributed by atoms with E-state index in [1.807, 2.05) is 12.1 Å². The first-order valence-electron chi connectivity index (χ1n) is 7.58. The van der Waals surface area contributed by atoms with Gasteiger partial charge in [-0.05, 0) is 12.5 Å². The zero-order valence-electron chi connectivity index (χ0n) is 12.8. The average molecular weight is 303 g/mol. The molecule has 0 unspecified atom stereocenters. The van der Waals surface area contributed by atoms with Gasteiger partial charge in [-0.1, -0.05) is 44.4 Å². The van der Waals surface area contributed by atoms with Crippen molar-refractivity contribution in [1.82, 2.24) is 4.57 Å². The Hall–Kier alpha value is -2.14. The Morgan fingerprint density at radius 1 is 1.23 bits per heavy atom. The van der Waals surface area contributed by atoms with E-state index >= 15 is 0 Å². The number of fused-ring (bicyclic) bond motifs is 1. The number of aldehydes is 1. The summed E-state index contributed by atoms with van der Waals surface area (Å²) in [4.78, 5) is 23.1. The summed E-state index contributed by atoms with van der Waals surface area (Å²) in [6.45, 7) is 2.66. The van der Waals surface area contributed by atoms with Crippen molar-refractivity contribution in [1.29, 1.82) is 0 Å². The minimum Gasteiger partial charge on any atom is -0.422 e. The molecule has 0 saturated carbocycles.